The summed E-state index contributed by atoms with van der Waals surface area (Å²) in [6, 6.07) is 11.5. The number of nitrogens with zero attached hydrogens (tertiary/aromatic N) is 4. The average Bonchev–Trinajstić information content (AvgIpc) is 2.72. The molecule has 0 bridgehead atoms. The second-order valence-corrected chi connectivity index (χ2v) is 5.96. The van der Waals surface area contributed by atoms with E-state index in [0.29, 0.717) is 12.1 Å². The monoisotopic (exact) mass is 347 g/mol. The van der Waals surface area contributed by atoms with Crippen molar-refractivity contribution in [2.24, 2.45) is 0 Å². The normalized spacial score (nSPS) is 10.3. The van der Waals surface area contributed by atoms with E-state index in [9.17, 15) is 4.79 Å². The summed E-state index contributed by atoms with van der Waals surface area (Å²) in [5.74, 6) is -0.160. The number of pyridine rings is 3. The Bertz CT molecular complexity index is 839. The molecule has 0 atom stereocenters. The summed E-state index contributed by atoms with van der Waals surface area (Å²) < 4.78 is 0. The van der Waals surface area contributed by atoms with Gasteiger partial charge in [0.25, 0.3) is 5.91 Å². The molecule has 3 aromatic heterocycles. The standard InChI is InChI=1S/C20H21N5O/c1-25(11-7-16-5-9-21-10-6-16)19-12-17(13-22-15-19)20(26)24-14-18-4-2-3-8-23-18/h2-6,8-10,12-13,15H,7,11,14H2,1H3,(H,24,26). The van der Waals surface area contributed by atoms with Crippen LogP contribution in [-0.2, 0) is 13.0 Å². The van der Waals surface area contributed by atoms with Crippen LogP contribution in [0, 0.1) is 0 Å². The number of aromatic nitrogens is 3. The van der Waals surface area contributed by atoms with Crippen molar-refractivity contribution in [2.75, 3.05) is 18.5 Å². The van der Waals surface area contributed by atoms with Gasteiger partial charge in [0.1, 0.15) is 0 Å². The Labute approximate surface area is 153 Å². The van der Waals surface area contributed by atoms with Gasteiger partial charge < -0.3 is 10.2 Å². The van der Waals surface area contributed by atoms with Crippen molar-refractivity contribution in [1.82, 2.24) is 20.3 Å². The third-order valence-electron chi connectivity index (χ3n) is 4.07. The van der Waals surface area contributed by atoms with Crippen molar-refractivity contribution in [3.05, 3.63) is 84.2 Å². The van der Waals surface area contributed by atoms with Gasteiger partial charge in [-0.2, -0.15) is 0 Å². The molecule has 1 amide bonds. The van der Waals surface area contributed by atoms with E-state index in [-0.39, 0.29) is 5.91 Å². The van der Waals surface area contributed by atoms with Crippen LogP contribution in [-0.4, -0.2) is 34.5 Å². The third kappa shape index (κ3) is 4.86. The Kier molecular flexibility index (Phi) is 5.88. The number of hydrogen-bond donors (Lipinski definition) is 1. The van der Waals surface area contributed by atoms with Crippen LogP contribution >= 0.6 is 0 Å². The van der Waals surface area contributed by atoms with Gasteiger partial charge in [-0.1, -0.05) is 6.07 Å². The minimum atomic E-state index is -0.160. The van der Waals surface area contributed by atoms with Gasteiger partial charge in [0.15, 0.2) is 0 Å². The molecule has 26 heavy (non-hydrogen) atoms. The first-order valence-electron chi connectivity index (χ1n) is 8.45. The molecule has 3 aromatic rings. The SMILES string of the molecule is CN(CCc1ccncc1)c1cncc(C(=O)NCc2ccccn2)c1. The number of anilines is 1. The highest BCUT2D eigenvalue weighted by Crippen LogP contribution is 2.14. The molecule has 3 heterocycles. The van der Waals surface area contributed by atoms with Crippen LogP contribution in [0.4, 0.5) is 5.69 Å². The molecule has 3 rings (SSSR count). The van der Waals surface area contributed by atoms with Gasteiger partial charge in [0, 0.05) is 38.4 Å². The smallest absolute Gasteiger partial charge is 0.253 e. The summed E-state index contributed by atoms with van der Waals surface area (Å²) in [5.41, 5.74) is 3.49. The highest BCUT2D eigenvalue weighted by Gasteiger charge is 2.09. The molecule has 0 saturated heterocycles. The zero-order chi connectivity index (χ0) is 18.2. The molecule has 0 aromatic carbocycles. The Morgan fingerprint density at radius 1 is 1.08 bits per heavy atom. The fourth-order valence-electron chi connectivity index (χ4n) is 2.51. The van der Waals surface area contributed by atoms with Crippen LogP contribution in [0.5, 0.6) is 0 Å². The molecule has 6 nitrogen and oxygen atoms in total. The molecule has 0 aliphatic heterocycles. The molecule has 0 radical (unpaired) electrons. The Balaban J connectivity index is 1.59. The quantitative estimate of drug-likeness (QED) is 0.711. The number of carbonyl (C=O) groups is 1. The highest BCUT2D eigenvalue weighted by atomic mass is 16.1. The first kappa shape index (κ1) is 17.5. The first-order chi connectivity index (χ1) is 12.7. The van der Waals surface area contributed by atoms with Gasteiger partial charge in [-0.25, -0.2) is 0 Å². The lowest BCUT2D eigenvalue weighted by Gasteiger charge is -2.19. The van der Waals surface area contributed by atoms with E-state index in [1.807, 2.05) is 43.4 Å². The number of amides is 1. The molecular weight excluding hydrogens is 326 g/mol. The molecule has 6 heteroatoms. The van der Waals surface area contributed by atoms with Crippen LogP contribution in [0.1, 0.15) is 21.6 Å². The second-order valence-electron chi connectivity index (χ2n) is 5.96. The minimum absolute atomic E-state index is 0.160. The molecule has 0 spiro atoms. The maximum absolute atomic E-state index is 12.4. The maximum atomic E-state index is 12.4. The topological polar surface area (TPSA) is 71.0 Å². The van der Waals surface area contributed by atoms with Crippen molar-refractivity contribution in [2.45, 2.75) is 13.0 Å². The molecule has 0 fully saturated rings. The van der Waals surface area contributed by atoms with Crippen LogP contribution in [0.25, 0.3) is 0 Å². The fourth-order valence-corrected chi connectivity index (χ4v) is 2.51. The predicted octanol–water partition coefficient (Wildman–Crippen LogP) is 2.48. The van der Waals surface area contributed by atoms with E-state index in [0.717, 1.165) is 24.3 Å². The molecule has 0 aliphatic rings. The summed E-state index contributed by atoms with van der Waals surface area (Å²) in [7, 11) is 1.99. The van der Waals surface area contributed by atoms with Gasteiger partial charge >= 0.3 is 0 Å². The summed E-state index contributed by atoms with van der Waals surface area (Å²) >= 11 is 0. The van der Waals surface area contributed by atoms with E-state index >= 15 is 0 Å². The molecule has 132 valence electrons. The Morgan fingerprint density at radius 3 is 2.69 bits per heavy atom. The van der Waals surface area contributed by atoms with E-state index in [1.54, 1.807) is 31.0 Å². The third-order valence-corrected chi connectivity index (χ3v) is 4.07. The lowest BCUT2D eigenvalue weighted by Crippen LogP contribution is -2.25. The molecule has 0 aliphatic carbocycles. The summed E-state index contributed by atoms with van der Waals surface area (Å²) in [6.07, 6.45) is 9.54. The number of likely N-dealkylation sites (N-methyl/N-ethyl adjacent to an activating group) is 1. The van der Waals surface area contributed by atoms with Gasteiger partial charge in [-0.05, 0) is 42.3 Å². The Hall–Kier alpha value is -3.28. The van der Waals surface area contributed by atoms with Crippen LogP contribution in [0.15, 0.2) is 67.4 Å². The van der Waals surface area contributed by atoms with Crippen LogP contribution in [0.2, 0.25) is 0 Å². The van der Waals surface area contributed by atoms with Crippen LogP contribution in [0.3, 0.4) is 0 Å². The van der Waals surface area contributed by atoms with E-state index in [2.05, 4.69) is 25.2 Å². The number of carbonyl (C=O) groups excluding carboxylic acids is 1. The average molecular weight is 347 g/mol. The summed E-state index contributed by atoms with van der Waals surface area (Å²) in [4.78, 5) is 26.9. The van der Waals surface area contributed by atoms with Gasteiger partial charge in [0.2, 0.25) is 0 Å². The zero-order valence-electron chi connectivity index (χ0n) is 14.7. The van der Waals surface area contributed by atoms with E-state index in [4.69, 9.17) is 0 Å². The van der Waals surface area contributed by atoms with Gasteiger partial charge in [0.05, 0.1) is 29.7 Å². The van der Waals surface area contributed by atoms with E-state index < -0.39 is 0 Å². The van der Waals surface area contributed by atoms with E-state index in [1.165, 1.54) is 5.56 Å². The largest absolute Gasteiger partial charge is 0.373 e. The Morgan fingerprint density at radius 2 is 1.92 bits per heavy atom. The fraction of sp³-hybridized carbons (Fsp3) is 0.200. The molecule has 1 N–H and O–H groups in total. The van der Waals surface area contributed by atoms with Gasteiger partial charge in [-0.3, -0.25) is 19.7 Å². The summed E-state index contributed by atoms with van der Waals surface area (Å²) in [5, 5.41) is 2.87. The zero-order valence-corrected chi connectivity index (χ0v) is 14.7. The predicted molar refractivity (Wildman–Crippen MR) is 101 cm³/mol. The highest BCUT2D eigenvalue weighted by molar-refractivity contribution is 5.94. The number of nitrogens with one attached hydrogen (secondary N) is 1. The van der Waals surface area contributed by atoms with Crippen LogP contribution < -0.4 is 10.2 Å². The summed E-state index contributed by atoms with van der Waals surface area (Å²) in [6.45, 7) is 1.21. The molecule has 0 saturated carbocycles. The lowest BCUT2D eigenvalue weighted by molar-refractivity contribution is 0.0950. The molecular formula is C20H21N5O. The maximum Gasteiger partial charge on any atom is 0.253 e. The van der Waals surface area contributed by atoms with Crippen molar-refractivity contribution in [1.29, 1.82) is 0 Å². The van der Waals surface area contributed by atoms with Crippen molar-refractivity contribution >= 4 is 11.6 Å². The van der Waals surface area contributed by atoms with Gasteiger partial charge in [-0.15, -0.1) is 0 Å². The number of rotatable bonds is 7. The number of hydrogen-bond acceptors (Lipinski definition) is 5. The second kappa shape index (κ2) is 8.71. The minimum Gasteiger partial charge on any atom is -0.373 e. The lowest BCUT2D eigenvalue weighted by atomic mass is 10.2. The first-order valence-corrected chi connectivity index (χ1v) is 8.45. The van der Waals surface area contributed by atoms with Crippen molar-refractivity contribution in [3.63, 3.8) is 0 Å². The molecule has 0 unspecified atom stereocenters. The van der Waals surface area contributed by atoms with Crippen molar-refractivity contribution in [3.8, 4) is 0 Å². The van der Waals surface area contributed by atoms with Crippen molar-refractivity contribution < 1.29 is 4.79 Å².